The number of benzene rings is 1. The SMILES string of the molecule is CC1(C)OC(CCOS(N)(=O)=O)C(c2ccccc2)O1. The summed E-state index contributed by atoms with van der Waals surface area (Å²) in [5.74, 6) is -0.716. The number of nitrogens with two attached hydrogens (primary N) is 1. The van der Waals surface area contributed by atoms with Crippen LogP contribution >= 0.6 is 0 Å². The molecule has 2 N–H and O–H groups in total. The van der Waals surface area contributed by atoms with Crippen LogP contribution in [0.2, 0.25) is 0 Å². The van der Waals surface area contributed by atoms with Crippen molar-refractivity contribution in [1.29, 1.82) is 0 Å². The highest BCUT2D eigenvalue weighted by Gasteiger charge is 2.41. The molecule has 112 valence electrons. The zero-order valence-corrected chi connectivity index (χ0v) is 12.3. The molecule has 1 aromatic carbocycles. The molecule has 6 nitrogen and oxygen atoms in total. The lowest BCUT2D eigenvalue weighted by atomic mass is 10.0. The van der Waals surface area contributed by atoms with Gasteiger partial charge in [0, 0.05) is 6.42 Å². The third-order valence-electron chi connectivity index (χ3n) is 2.96. The Labute approximate surface area is 119 Å². The number of ether oxygens (including phenoxy) is 2. The predicted octanol–water partition coefficient (Wildman–Crippen LogP) is 1.49. The summed E-state index contributed by atoms with van der Waals surface area (Å²) in [4.78, 5) is 0. The Morgan fingerprint density at radius 1 is 1.25 bits per heavy atom. The van der Waals surface area contributed by atoms with Gasteiger partial charge < -0.3 is 9.47 Å². The first-order valence-electron chi connectivity index (χ1n) is 6.34. The van der Waals surface area contributed by atoms with Gasteiger partial charge in [-0.05, 0) is 19.4 Å². The average Bonchev–Trinajstić information content (AvgIpc) is 2.64. The van der Waals surface area contributed by atoms with Crippen LogP contribution in [0.3, 0.4) is 0 Å². The maximum atomic E-state index is 10.8. The number of hydrogen-bond donors (Lipinski definition) is 1. The Hall–Kier alpha value is -0.990. The Kier molecular flexibility index (Phi) is 4.46. The van der Waals surface area contributed by atoms with Crippen LogP contribution in [0.5, 0.6) is 0 Å². The average molecular weight is 301 g/mol. The minimum atomic E-state index is -3.92. The van der Waals surface area contributed by atoms with E-state index in [0.717, 1.165) is 5.56 Å². The minimum Gasteiger partial charge on any atom is -0.344 e. The molecule has 20 heavy (non-hydrogen) atoms. The molecule has 1 saturated heterocycles. The fourth-order valence-electron chi connectivity index (χ4n) is 2.25. The summed E-state index contributed by atoms with van der Waals surface area (Å²) in [6.45, 7) is 3.61. The zero-order chi connectivity index (χ0) is 14.8. The second-order valence-electron chi connectivity index (χ2n) is 5.11. The molecule has 0 aromatic heterocycles. The van der Waals surface area contributed by atoms with Crippen LogP contribution in [0, 0.1) is 0 Å². The summed E-state index contributed by atoms with van der Waals surface area (Å²) in [7, 11) is -3.92. The first-order valence-corrected chi connectivity index (χ1v) is 7.82. The lowest BCUT2D eigenvalue weighted by Gasteiger charge is -2.16. The zero-order valence-electron chi connectivity index (χ0n) is 11.5. The molecule has 0 radical (unpaired) electrons. The molecular weight excluding hydrogens is 282 g/mol. The van der Waals surface area contributed by atoms with Crippen molar-refractivity contribution in [2.75, 3.05) is 6.61 Å². The van der Waals surface area contributed by atoms with Crippen molar-refractivity contribution in [2.45, 2.75) is 38.3 Å². The van der Waals surface area contributed by atoms with Gasteiger partial charge in [-0.15, -0.1) is 0 Å². The second-order valence-corrected chi connectivity index (χ2v) is 6.33. The van der Waals surface area contributed by atoms with E-state index in [-0.39, 0.29) is 18.8 Å². The monoisotopic (exact) mass is 301 g/mol. The molecule has 1 heterocycles. The second kappa shape index (κ2) is 5.79. The van der Waals surface area contributed by atoms with Crippen LogP contribution in [-0.4, -0.2) is 26.9 Å². The van der Waals surface area contributed by atoms with Gasteiger partial charge in [-0.1, -0.05) is 30.3 Å². The molecule has 1 aliphatic heterocycles. The van der Waals surface area contributed by atoms with Crippen molar-refractivity contribution in [2.24, 2.45) is 5.14 Å². The van der Waals surface area contributed by atoms with E-state index < -0.39 is 16.1 Å². The molecule has 1 aliphatic rings. The van der Waals surface area contributed by atoms with Crippen molar-refractivity contribution >= 4 is 10.3 Å². The predicted molar refractivity (Wildman–Crippen MR) is 72.9 cm³/mol. The normalized spacial score (nSPS) is 25.8. The smallest absolute Gasteiger partial charge is 0.333 e. The van der Waals surface area contributed by atoms with Crippen molar-refractivity contribution in [3.8, 4) is 0 Å². The van der Waals surface area contributed by atoms with Gasteiger partial charge in [-0.25, -0.2) is 5.14 Å². The van der Waals surface area contributed by atoms with Gasteiger partial charge >= 0.3 is 10.3 Å². The fourth-order valence-corrected chi connectivity index (χ4v) is 2.58. The maximum absolute atomic E-state index is 10.8. The minimum absolute atomic E-state index is 0.0354. The molecular formula is C13H19NO5S. The fraction of sp³-hybridized carbons (Fsp3) is 0.538. The lowest BCUT2D eigenvalue weighted by molar-refractivity contribution is -0.147. The molecule has 0 bridgehead atoms. The lowest BCUT2D eigenvalue weighted by Crippen LogP contribution is -2.23. The third kappa shape index (κ3) is 4.26. The van der Waals surface area contributed by atoms with Gasteiger partial charge in [0.15, 0.2) is 5.79 Å². The van der Waals surface area contributed by atoms with Gasteiger partial charge in [-0.2, -0.15) is 8.42 Å². The van der Waals surface area contributed by atoms with E-state index in [0.29, 0.717) is 6.42 Å². The van der Waals surface area contributed by atoms with Crippen molar-refractivity contribution in [3.05, 3.63) is 35.9 Å². The number of rotatable bonds is 5. The van der Waals surface area contributed by atoms with Crippen LogP contribution in [0.25, 0.3) is 0 Å². The molecule has 0 spiro atoms. The van der Waals surface area contributed by atoms with Crippen molar-refractivity contribution in [1.82, 2.24) is 0 Å². The molecule has 1 aromatic rings. The number of hydrogen-bond acceptors (Lipinski definition) is 5. The summed E-state index contributed by atoms with van der Waals surface area (Å²) in [6, 6.07) is 9.65. The highest BCUT2D eigenvalue weighted by atomic mass is 32.2. The Morgan fingerprint density at radius 2 is 1.90 bits per heavy atom. The summed E-state index contributed by atoms with van der Waals surface area (Å²) in [6.07, 6.45) is -0.163. The summed E-state index contributed by atoms with van der Waals surface area (Å²) in [5.41, 5.74) is 0.985. The van der Waals surface area contributed by atoms with E-state index in [2.05, 4.69) is 4.18 Å². The maximum Gasteiger partial charge on any atom is 0.333 e. The first kappa shape index (κ1) is 15.4. The molecule has 2 atom stereocenters. The van der Waals surface area contributed by atoms with E-state index in [1.807, 2.05) is 44.2 Å². The Balaban J connectivity index is 2.05. The van der Waals surface area contributed by atoms with Crippen molar-refractivity contribution in [3.63, 3.8) is 0 Å². The van der Waals surface area contributed by atoms with Gasteiger partial charge in [0.2, 0.25) is 0 Å². The van der Waals surface area contributed by atoms with E-state index in [4.69, 9.17) is 14.6 Å². The van der Waals surface area contributed by atoms with Gasteiger partial charge in [0.1, 0.15) is 6.10 Å². The van der Waals surface area contributed by atoms with Crippen molar-refractivity contribution < 1.29 is 22.1 Å². The highest BCUT2D eigenvalue weighted by Crippen LogP contribution is 2.39. The third-order valence-corrected chi connectivity index (χ3v) is 3.46. The molecule has 0 aliphatic carbocycles. The van der Waals surface area contributed by atoms with Gasteiger partial charge in [-0.3, -0.25) is 4.18 Å². The van der Waals surface area contributed by atoms with Crippen LogP contribution in [0.15, 0.2) is 30.3 Å². The van der Waals surface area contributed by atoms with E-state index in [9.17, 15) is 8.42 Å². The van der Waals surface area contributed by atoms with Gasteiger partial charge in [0.25, 0.3) is 0 Å². The summed E-state index contributed by atoms with van der Waals surface area (Å²) < 4.78 is 37.8. The standard InChI is InChI=1S/C13H19NO5S/c1-13(2)18-11(8-9-17-20(14,15)16)12(19-13)10-6-4-3-5-7-10/h3-7,11-12H,8-9H2,1-2H3,(H2,14,15,16). The van der Waals surface area contributed by atoms with Crippen LogP contribution in [-0.2, 0) is 24.0 Å². The van der Waals surface area contributed by atoms with E-state index in [1.54, 1.807) is 0 Å². The van der Waals surface area contributed by atoms with E-state index >= 15 is 0 Å². The van der Waals surface area contributed by atoms with Crippen LogP contribution in [0.1, 0.15) is 31.9 Å². The van der Waals surface area contributed by atoms with Gasteiger partial charge in [0.05, 0.1) is 12.7 Å². The topological polar surface area (TPSA) is 87.9 Å². The molecule has 1 fully saturated rings. The van der Waals surface area contributed by atoms with Crippen LogP contribution in [0.4, 0.5) is 0 Å². The van der Waals surface area contributed by atoms with Crippen LogP contribution < -0.4 is 5.14 Å². The largest absolute Gasteiger partial charge is 0.344 e. The molecule has 7 heteroatoms. The molecule has 0 amide bonds. The Bertz CT molecular complexity index is 543. The first-order chi connectivity index (χ1) is 9.27. The summed E-state index contributed by atoms with van der Waals surface area (Å²) in [5, 5.41) is 4.80. The quantitative estimate of drug-likeness (QED) is 0.890. The molecule has 0 saturated carbocycles. The summed E-state index contributed by atoms with van der Waals surface area (Å²) >= 11 is 0. The molecule has 2 rings (SSSR count). The highest BCUT2D eigenvalue weighted by molar-refractivity contribution is 7.84. The molecule has 2 unspecified atom stereocenters. The Morgan fingerprint density at radius 3 is 2.50 bits per heavy atom. The van der Waals surface area contributed by atoms with E-state index in [1.165, 1.54) is 0 Å².